The Morgan fingerprint density at radius 1 is 1.45 bits per heavy atom. The summed E-state index contributed by atoms with van der Waals surface area (Å²) in [6, 6.07) is 0.634. The predicted molar refractivity (Wildman–Crippen MR) is 48.3 cm³/mol. The second kappa shape index (κ2) is 4.39. The number of hydrogen-bond donors (Lipinski definition) is 0. The van der Waals surface area contributed by atoms with E-state index in [0.29, 0.717) is 6.04 Å². The van der Waals surface area contributed by atoms with Gasteiger partial charge in [0.25, 0.3) is 0 Å². The van der Waals surface area contributed by atoms with Gasteiger partial charge in [0.05, 0.1) is 40.1 Å². The zero-order valence-corrected chi connectivity index (χ0v) is 8.13. The van der Waals surface area contributed by atoms with E-state index in [1.54, 1.807) is 0 Å². The fourth-order valence-electron chi connectivity index (χ4n) is 0.709. The van der Waals surface area contributed by atoms with Crippen molar-refractivity contribution in [2.24, 2.45) is 0 Å². The Kier molecular flexibility index (Phi) is 4.19. The average molecular weight is 158 g/mol. The number of ether oxygens (including phenoxy) is 1. The minimum absolute atomic E-state index is 0.634. The van der Waals surface area contributed by atoms with Gasteiger partial charge in [-0.2, -0.15) is 0 Å². The summed E-state index contributed by atoms with van der Waals surface area (Å²) in [5, 5.41) is 0. The quantitative estimate of drug-likeness (QED) is 0.336. The summed E-state index contributed by atoms with van der Waals surface area (Å²) in [7, 11) is 6.58. The molecule has 0 radical (unpaired) electrons. The normalized spacial score (nSPS) is 14.2. The molecule has 0 rings (SSSR count). The van der Waals surface area contributed by atoms with Crippen molar-refractivity contribution in [2.45, 2.75) is 19.4 Å². The largest absolute Gasteiger partial charge is 0.502 e. The minimum Gasteiger partial charge on any atom is -0.502 e. The van der Waals surface area contributed by atoms with Crippen molar-refractivity contribution in [1.29, 1.82) is 0 Å². The molecule has 0 aliphatic heterocycles. The Morgan fingerprint density at radius 3 is 2.36 bits per heavy atom. The lowest BCUT2D eigenvalue weighted by Crippen LogP contribution is -2.43. The highest BCUT2D eigenvalue weighted by atomic mass is 16.5. The van der Waals surface area contributed by atoms with Crippen molar-refractivity contribution in [3.05, 3.63) is 12.8 Å². The molecule has 0 aromatic heterocycles. The molecule has 0 fully saturated rings. The third-order valence-corrected chi connectivity index (χ3v) is 2.09. The van der Waals surface area contributed by atoms with E-state index in [9.17, 15) is 0 Å². The van der Waals surface area contributed by atoms with Gasteiger partial charge < -0.3 is 9.22 Å². The highest BCUT2D eigenvalue weighted by Crippen LogP contribution is 2.05. The predicted octanol–water partition coefficient (Wildman–Crippen LogP) is 1.63. The van der Waals surface area contributed by atoms with E-state index < -0.39 is 0 Å². The van der Waals surface area contributed by atoms with Gasteiger partial charge in [0.15, 0.2) is 0 Å². The summed E-state index contributed by atoms with van der Waals surface area (Å²) < 4.78 is 6.04. The summed E-state index contributed by atoms with van der Waals surface area (Å²) in [6.45, 7) is 6.50. The fraction of sp³-hybridized carbons (Fsp3) is 0.778. The van der Waals surface area contributed by atoms with Crippen LogP contribution in [0.15, 0.2) is 12.8 Å². The van der Waals surface area contributed by atoms with E-state index in [1.165, 1.54) is 6.26 Å². The molecule has 0 bridgehead atoms. The third kappa shape index (κ3) is 4.85. The SMILES string of the molecule is C=COCCC(C)[N+](C)(C)C. The first-order valence-corrected chi connectivity index (χ1v) is 4.02. The second-order valence-electron chi connectivity index (χ2n) is 3.79. The van der Waals surface area contributed by atoms with Gasteiger partial charge in [-0.1, -0.05) is 6.58 Å². The van der Waals surface area contributed by atoms with Gasteiger partial charge in [-0.15, -0.1) is 0 Å². The lowest BCUT2D eigenvalue weighted by Gasteiger charge is -2.31. The zero-order valence-electron chi connectivity index (χ0n) is 8.13. The zero-order chi connectivity index (χ0) is 8.91. The molecule has 0 aliphatic rings. The number of nitrogens with zero attached hydrogens (tertiary/aromatic N) is 1. The molecule has 1 atom stereocenters. The molecule has 2 heteroatoms. The molecule has 0 heterocycles. The van der Waals surface area contributed by atoms with Crippen LogP contribution in [0, 0.1) is 0 Å². The maximum absolute atomic E-state index is 5.05. The van der Waals surface area contributed by atoms with Crippen LogP contribution in [0.25, 0.3) is 0 Å². The van der Waals surface area contributed by atoms with Gasteiger partial charge in [0.1, 0.15) is 0 Å². The maximum atomic E-state index is 5.05. The standard InChI is InChI=1S/C9H20NO/c1-6-11-8-7-9(2)10(3,4)5/h6,9H,1,7-8H2,2-5H3/q+1. The van der Waals surface area contributed by atoms with Gasteiger partial charge >= 0.3 is 0 Å². The van der Waals surface area contributed by atoms with Gasteiger partial charge in [-0.05, 0) is 6.92 Å². The summed E-state index contributed by atoms with van der Waals surface area (Å²) in [4.78, 5) is 0. The van der Waals surface area contributed by atoms with Crippen molar-refractivity contribution in [1.82, 2.24) is 0 Å². The van der Waals surface area contributed by atoms with Crippen LogP contribution in [-0.2, 0) is 4.74 Å². The van der Waals surface area contributed by atoms with Crippen molar-refractivity contribution in [3.63, 3.8) is 0 Å². The van der Waals surface area contributed by atoms with Crippen LogP contribution in [0.5, 0.6) is 0 Å². The Bertz CT molecular complexity index is 115. The molecule has 0 aliphatic carbocycles. The molecule has 0 aromatic rings. The van der Waals surface area contributed by atoms with Crippen LogP contribution in [0.3, 0.4) is 0 Å². The summed E-state index contributed by atoms with van der Waals surface area (Å²) >= 11 is 0. The Labute approximate surface area is 70.1 Å². The average Bonchev–Trinajstić information content (AvgIpc) is 1.86. The van der Waals surface area contributed by atoms with Gasteiger partial charge in [-0.3, -0.25) is 0 Å². The molecule has 1 unspecified atom stereocenters. The van der Waals surface area contributed by atoms with E-state index in [-0.39, 0.29) is 0 Å². The molecule has 0 saturated carbocycles. The minimum atomic E-state index is 0.634. The maximum Gasteiger partial charge on any atom is 0.0929 e. The molecule has 2 nitrogen and oxygen atoms in total. The topological polar surface area (TPSA) is 9.23 Å². The summed E-state index contributed by atoms with van der Waals surface area (Å²) in [5.41, 5.74) is 0. The first-order valence-electron chi connectivity index (χ1n) is 4.02. The number of rotatable bonds is 5. The van der Waals surface area contributed by atoms with Crippen LogP contribution in [-0.4, -0.2) is 38.3 Å². The molecule has 66 valence electrons. The van der Waals surface area contributed by atoms with Crippen molar-refractivity contribution in [3.8, 4) is 0 Å². The molecular weight excluding hydrogens is 138 g/mol. The fourth-order valence-corrected chi connectivity index (χ4v) is 0.709. The first-order chi connectivity index (χ1) is 4.98. The molecule has 0 N–H and O–H groups in total. The Balaban J connectivity index is 3.52. The van der Waals surface area contributed by atoms with E-state index in [2.05, 4.69) is 34.6 Å². The van der Waals surface area contributed by atoms with E-state index >= 15 is 0 Å². The highest BCUT2D eigenvalue weighted by Gasteiger charge is 2.17. The number of hydrogen-bond acceptors (Lipinski definition) is 1. The van der Waals surface area contributed by atoms with Gasteiger partial charge in [-0.25, -0.2) is 0 Å². The molecule has 0 aromatic carbocycles. The summed E-state index contributed by atoms with van der Waals surface area (Å²) in [5.74, 6) is 0. The van der Waals surface area contributed by atoms with Crippen LogP contribution in [0.2, 0.25) is 0 Å². The van der Waals surface area contributed by atoms with Crippen LogP contribution >= 0.6 is 0 Å². The molecule has 0 spiro atoms. The lowest BCUT2D eigenvalue weighted by molar-refractivity contribution is -0.894. The second-order valence-corrected chi connectivity index (χ2v) is 3.79. The smallest absolute Gasteiger partial charge is 0.0929 e. The van der Waals surface area contributed by atoms with Crippen molar-refractivity contribution >= 4 is 0 Å². The number of quaternary nitrogens is 1. The van der Waals surface area contributed by atoms with Crippen LogP contribution in [0.4, 0.5) is 0 Å². The van der Waals surface area contributed by atoms with E-state index in [4.69, 9.17) is 4.74 Å². The first kappa shape index (κ1) is 10.5. The van der Waals surface area contributed by atoms with Gasteiger partial charge in [0.2, 0.25) is 0 Å². The van der Waals surface area contributed by atoms with Crippen LogP contribution < -0.4 is 0 Å². The van der Waals surface area contributed by atoms with Crippen molar-refractivity contribution < 1.29 is 9.22 Å². The van der Waals surface area contributed by atoms with Crippen molar-refractivity contribution in [2.75, 3.05) is 27.7 Å². The van der Waals surface area contributed by atoms with Crippen LogP contribution in [0.1, 0.15) is 13.3 Å². The molecule has 0 saturated heterocycles. The third-order valence-electron chi connectivity index (χ3n) is 2.09. The highest BCUT2D eigenvalue weighted by molar-refractivity contribution is 4.53. The molecule has 0 amide bonds. The Hall–Kier alpha value is -0.500. The molecule has 11 heavy (non-hydrogen) atoms. The lowest BCUT2D eigenvalue weighted by atomic mass is 10.2. The van der Waals surface area contributed by atoms with E-state index in [0.717, 1.165) is 17.5 Å². The Morgan fingerprint density at radius 2 is 2.00 bits per heavy atom. The van der Waals surface area contributed by atoms with Gasteiger partial charge in [0, 0.05) is 6.42 Å². The van der Waals surface area contributed by atoms with E-state index in [1.807, 2.05) is 0 Å². The molecular formula is C9H20NO+. The monoisotopic (exact) mass is 158 g/mol. The summed E-state index contributed by atoms with van der Waals surface area (Å²) in [6.07, 6.45) is 2.58.